The van der Waals surface area contributed by atoms with Crippen molar-refractivity contribution in [2.45, 2.75) is 13.0 Å². The summed E-state index contributed by atoms with van der Waals surface area (Å²) in [6.45, 7) is 0.771. The van der Waals surface area contributed by atoms with Gasteiger partial charge in [0.05, 0.1) is 25.3 Å². The molecule has 2 aromatic heterocycles. The minimum Gasteiger partial charge on any atom is -0.467 e. The number of hydrogen-bond acceptors (Lipinski definition) is 4. The van der Waals surface area contributed by atoms with Crippen molar-refractivity contribution in [1.29, 1.82) is 5.26 Å². The van der Waals surface area contributed by atoms with Crippen molar-refractivity contribution in [2.24, 2.45) is 0 Å². The van der Waals surface area contributed by atoms with Gasteiger partial charge >= 0.3 is 0 Å². The molecular weight excluding hydrogens is 272 g/mol. The molecule has 0 aliphatic heterocycles. The molecule has 0 aliphatic carbocycles. The molecule has 1 amide bonds. The van der Waals surface area contributed by atoms with Crippen LogP contribution in [0.5, 0.6) is 0 Å². The number of furan rings is 1. The molecule has 0 saturated carbocycles. The highest BCUT2D eigenvalue weighted by atomic mass is 32.1. The fourth-order valence-electron chi connectivity index (χ4n) is 1.69. The van der Waals surface area contributed by atoms with Gasteiger partial charge in [-0.3, -0.25) is 4.79 Å². The van der Waals surface area contributed by atoms with Crippen LogP contribution in [0.4, 0.5) is 0 Å². The van der Waals surface area contributed by atoms with Gasteiger partial charge in [-0.05, 0) is 29.7 Å². The maximum atomic E-state index is 12.2. The number of carbonyl (C=O) groups is 1. The first-order chi connectivity index (χ1) is 9.79. The molecule has 0 aliphatic rings. The summed E-state index contributed by atoms with van der Waals surface area (Å²) in [5, 5.41) is 10.6. The first-order valence-corrected chi connectivity index (χ1v) is 7.07. The second-order valence-corrected chi connectivity index (χ2v) is 5.08. The number of rotatable bonds is 6. The van der Waals surface area contributed by atoms with Crippen molar-refractivity contribution in [3.63, 3.8) is 0 Å². The van der Waals surface area contributed by atoms with Gasteiger partial charge in [0.1, 0.15) is 5.76 Å². The first kappa shape index (κ1) is 14.1. The number of amides is 1. The van der Waals surface area contributed by atoms with E-state index in [-0.39, 0.29) is 5.91 Å². The molecule has 2 aromatic rings. The van der Waals surface area contributed by atoms with Crippen LogP contribution in [0.2, 0.25) is 0 Å². The van der Waals surface area contributed by atoms with Crippen molar-refractivity contribution in [3.05, 3.63) is 52.6 Å². The molecule has 0 radical (unpaired) electrons. The Balaban J connectivity index is 2.01. The first-order valence-electron chi connectivity index (χ1n) is 6.19. The molecule has 0 N–H and O–H groups in total. The van der Waals surface area contributed by atoms with Crippen molar-refractivity contribution < 1.29 is 9.21 Å². The molecule has 0 bridgehead atoms. The van der Waals surface area contributed by atoms with Gasteiger partial charge in [0.2, 0.25) is 5.91 Å². The van der Waals surface area contributed by atoms with Gasteiger partial charge in [0.15, 0.2) is 0 Å². The Morgan fingerprint density at radius 1 is 1.45 bits per heavy atom. The number of nitriles is 1. The third kappa shape index (κ3) is 4.11. The molecular formula is C15H14N2O2S. The normalized spacial score (nSPS) is 10.6. The Labute approximate surface area is 121 Å². The van der Waals surface area contributed by atoms with Gasteiger partial charge in [-0.15, -0.1) is 11.3 Å². The Morgan fingerprint density at radius 2 is 2.35 bits per heavy atom. The van der Waals surface area contributed by atoms with Gasteiger partial charge in [0.25, 0.3) is 0 Å². The summed E-state index contributed by atoms with van der Waals surface area (Å²) < 4.78 is 5.25. The molecule has 4 nitrogen and oxygen atoms in total. The Morgan fingerprint density at radius 3 is 3.00 bits per heavy atom. The minimum atomic E-state index is -0.120. The predicted molar refractivity (Wildman–Crippen MR) is 77.7 cm³/mol. The lowest BCUT2D eigenvalue weighted by molar-refractivity contribution is -0.126. The van der Waals surface area contributed by atoms with Crippen LogP contribution in [0.15, 0.2) is 46.4 Å². The standard InChI is InChI=1S/C15H14N2O2S/c16-8-3-9-17(12-13-4-1-10-19-13)15(18)7-6-14-5-2-11-20-14/h1-2,4-7,10-11H,3,9,12H2/b7-6+. The highest BCUT2D eigenvalue weighted by Gasteiger charge is 2.12. The Kier molecular flexibility index (Phi) is 5.15. The van der Waals surface area contributed by atoms with Gasteiger partial charge in [-0.25, -0.2) is 0 Å². The van der Waals surface area contributed by atoms with Crippen LogP contribution in [-0.2, 0) is 11.3 Å². The van der Waals surface area contributed by atoms with E-state index in [1.54, 1.807) is 34.6 Å². The third-order valence-corrected chi connectivity index (χ3v) is 3.50. The monoisotopic (exact) mass is 286 g/mol. The molecule has 0 spiro atoms. The highest BCUT2D eigenvalue weighted by Crippen LogP contribution is 2.12. The summed E-state index contributed by atoms with van der Waals surface area (Å²) in [6, 6.07) is 9.53. The molecule has 0 atom stereocenters. The van der Waals surface area contributed by atoms with Gasteiger partial charge < -0.3 is 9.32 Å². The van der Waals surface area contributed by atoms with Crippen LogP contribution >= 0.6 is 11.3 Å². The van der Waals surface area contributed by atoms with E-state index in [0.29, 0.717) is 25.3 Å². The van der Waals surface area contributed by atoms with E-state index in [9.17, 15) is 4.79 Å². The smallest absolute Gasteiger partial charge is 0.247 e. The molecule has 5 heteroatoms. The topological polar surface area (TPSA) is 57.2 Å². The number of nitrogens with zero attached hydrogens (tertiary/aromatic N) is 2. The second kappa shape index (κ2) is 7.31. The molecule has 2 rings (SSSR count). The number of thiophene rings is 1. The van der Waals surface area contributed by atoms with E-state index in [2.05, 4.69) is 6.07 Å². The maximum absolute atomic E-state index is 12.2. The molecule has 0 unspecified atom stereocenters. The van der Waals surface area contributed by atoms with E-state index in [1.807, 2.05) is 23.6 Å². The number of carbonyl (C=O) groups excluding carboxylic acids is 1. The SMILES string of the molecule is N#CCCN(Cc1ccco1)C(=O)/C=C/c1cccs1. The average molecular weight is 286 g/mol. The van der Waals surface area contributed by atoms with Crippen LogP contribution in [0.1, 0.15) is 17.1 Å². The summed E-state index contributed by atoms with van der Waals surface area (Å²) in [6.07, 6.45) is 5.20. The number of hydrogen-bond donors (Lipinski definition) is 0. The lowest BCUT2D eigenvalue weighted by atomic mass is 10.3. The molecule has 0 aromatic carbocycles. The van der Waals surface area contributed by atoms with Crippen molar-refractivity contribution >= 4 is 23.3 Å². The minimum absolute atomic E-state index is 0.120. The molecule has 2 heterocycles. The zero-order chi connectivity index (χ0) is 14.2. The summed E-state index contributed by atoms with van der Waals surface area (Å²) in [5.74, 6) is 0.589. The fraction of sp³-hybridized carbons (Fsp3) is 0.200. The molecule has 102 valence electrons. The van der Waals surface area contributed by atoms with E-state index >= 15 is 0 Å². The quantitative estimate of drug-likeness (QED) is 0.766. The van der Waals surface area contributed by atoms with Crippen LogP contribution in [0.3, 0.4) is 0 Å². The molecule has 0 saturated heterocycles. The van der Waals surface area contributed by atoms with E-state index in [1.165, 1.54) is 6.08 Å². The summed E-state index contributed by atoms with van der Waals surface area (Å²) in [7, 11) is 0. The summed E-state index contributed by atoms with van der Waals surface area (Å²) in [4.78, 5) is 14.8. The van der Waals surface area contributed by atoms with E-state index < -0.39 is 0 Å². The summed E-state index contributed by atoms with van der Waals surface area (Å²) >= 11 is 1.57. The Bertz CT molecular complexity index is 594. The zero-order valence-corrected chi connectivity index (χ0v) is 11.7. The van der Waals surface area contributed by atoms with Gasteiger partial charge in [-0.1, -0.05) is 6.07 Å². The predicted octanol–water partition coefficient (Wildman–Crippen LogP) is 3.30. The van der Waals surface area contributed by atoms with Crippen molar-refractivity contribution in [1.82, 2.24) is 4.90 Å². The van der Waals surface area contributed by atoms with Crippen LogP contribution in [-0.4, -0.2) is 17.4 Å². The third-order valence-electron chi connectivity index (χ3n) is 2.67. The van der Waals surface area contributed by atoms with Crippen LogP contribution in [0.25, 0.3) is 6.08 Å². The second-order valence-electron chi connectivity index (χ2n) is 4.10. The largest absolute Gasteiger partial charge is 0.467 e. The maximum Gasteiger partial charge on any atom is 0.247 e. The molecule has 0 fully saturated rings. The van der Waals surface area contributed by atoms with Gasteiger partial charge in [-0.2, -0.15) is 5.26 Å². The fourth-order valence-corrected chi connectivity index (χ4v) is 2.31. The highest BCUT2D eigenvalue weighted by molar-refractivity contribution is 7.10. The zero-order valence-electron chi connectivity index (χ0n) is 10.9. The lowest BCUT2D eigenvalue weighted by Crippen LogP contribution is -2.29. The van der Waals surface area contributed by atoms with Crippen molar-refractivity contribution in [2.75, 3.05) is 6.54 Å². The van der Waals surface area contributed by atoms with Crippen LogP contribution in [0, 0.1) is 11.3 Å². The molecule has 20 heavy (non-hydrogen) atoms. The van der Waals surface area contributed by atoms with E-state index in [0.717, 1.165) is 4.88 Å². The van der Waals surface area contributed by atoms with Gasteiger partial charge in [0, 0.05) is 17.5 Å². The lowest BCUT2D eigenvalue weighted by Gasteiger charge is -2.18. The average Bonchev–Trinajstić information content (AvgIpc) is 3.13. The summed E-state index contributed by atoms with van der Waals surface area (Å²) in [5.41, 5.74) is 0. The van der Waals surface area contributed by atoms with Crippen LogP contribution < -0.4 is 0 Å². The van der Waals surface area contributed by atoms with Crippen molar-refractivity contribution in [3.8, 4) is 6.07 Å². The Hall–Kier alpha value is -2.32. The van der Waals surface area contributed by atoms with E-state index in [4.69, 9.17) is 9.68 Å².